The van der Waals surface area contributed by atoms with Gasteiger partial charge in [0.2, 0.25) is 0 Å². The van der Waals surface area contributed by atoms with Crippen LogP contribution in [0.5, 0.6) is 0 Å². The lowest BCUT2D eigenvalue weighted by atomic mass is 10.0. The van der Waals surface area contributed by atoms with E-state index in [0.29, 0.717) is 18.4 Å². The van der Waals surface area contributed by atoms with Crippen LogP contribution in [0.2, 0.25) is 0 Å². The highest BCUT2D eigenvalue weighted by Crippen LogP contribution is 2.29. The summed E-state index contributed by atoms with van der Waals surface area (Å²) in [5.41, 5.74) is 0. The number of nitrogens with zero attached hydrogens (tertiary/aromatic N) is 1. The topological polar surface area (TPSA) is 64.6 Å². The zero-order valence-corrected chi connectivity index (χ0v) is 12.8. The highest BCUT2D eigenvalue weighted by molar-refractivity contribution is 5.74. The van der Waals surface area contributed by atoms with Gasteiger partial charge >= 0.3 is 6.03 Å². The third kappa shape index (κ3) is 4.63. The SMILES string of the molecule is CC(C)C(CCO)NC(=O)NC1CCN(C2CC2)CC1. The first-order valence-corrected chi connectivity index (χ1v) is 8.02. The van der Waals surface area contributed by atoms with Gasteiger partial charge in [0.25, 0.3) is 0 Å². The Morgan fingerprint density at radius 3 is 2.40 bits per heavy atom. The van der Waals surface area contributed by atoms with Crippen molar-refractivity contribution in [1.82, 2.24) is 15.5 Å². The summed E-state index contributed by atoms with van der Waals surface area (Å²) in [6, 6.07) is 1.10. The molecular weight excluding hydrogens is 254 g/mol. The quantitative estimate of drug-likeness (QED) is 0.689. The van der Waals surface area contributed by atoms with Crippen LogP contribution in [-0.2, 0) is 0 Å². The molecule has 0 spiro atoms. The second kappa shape index (κ2) is 7.27. The minimum atomic E-state index is -0.0815. The molecule has 1 heterocycles. The molecule has 1 saturated heterocycles. The molecule has 5 heteroatoms. The van der Waals surface area contributed by atoms with E-state index in [1.165, 1.54) is 12.8 Å². The minimum Gasteiger partial charge on any atom is -0.396 e. The van der Waals surface area contributed by atoms with Gasteiger partial charge in [-0.2, -0.15) is 0 Å². The largest absolute Gasteiger partial charge is 0.396 e. The van der Waals surface area contributed by atoms with E-state index < -0.39 is 0 Å². The average Bonchev–Trinajstić information content (AvgIpc) is 3.23. The van der Waals surface area contributed by atoms with E-state index in [-0.39, 0.29) is 18.7 Å². The van der Waals surface area contributed by atoms with Crippen LogP contribution in [0.15, 0.2) is 0 Å². The normalized spacial score (nSPS) is 22.8. The lowest BCUT2D eigenvalue weighted by Crippen LogP contribution is -2.51. The molecule has 1 atom stereocenters. The number of likely N-dealkylation sites (tertiary alicyclic amines) is 1. The highest BCUT2D eigenvalue weighted by atomic mass is 16.3. The molecule has 2 rings (SSSR count). The number of carbonyl (C=O) groups excluding carboxylic acids is 1. The summed E-state index contributed by atoms with van der Waals surface area (Å²) in [6.07, 6.45) is 5.43. The van der Waals surface area contributed by atoms with Crippen LogP contribution < -0.4 is 10.6 Å². The van der Waals surface area contributed by atoms with E-state index in [1.807, 2.05) is 0 Å². The van der Waals surface area contributed by atoms with Gasteiger partial charge in [0.15, 0.2) is 0 Å². The van der Waals surface area contributed by atoms with Crippen molar-refractivity contribution in [2.24, 2.45) is 5.92 Å². The van der Waals surface area contributed by atoms with E-state index >= 15 is 0 Å². The zero-order chi connectivity index (χ0) is 14.5. The molecule has 0 bridgehead atoms. The van der Waals surface area contributed by atoms with Crippen LogP contribution in [0.1, 0.15) is 46.0 Å². The molecule has 116 valence electrons. The summed E-state index contributed by atoms with van der Waals surface area (Å²) < 4.78 is 0. The Labute approximate surface area is 122 Å². The Kier molecular flexibility index (Phi) is 5.66. The molecule has 1 unspecified atom stereocenters. The summed E-state index contributed by atoms with van der Waals surface area (Å²) in [5.74, 6) is 0.338. The summed E-state index contributed by atoms with van der Waals surface area (Å²) in [4.78, 5) is 14.6. The first-order valence-electron chi connectivity index (χ1n) is 8.02. The number of hydrogen-bond donors (Lipinski definition) is 3. The van der Waals surface area contributed by atoms with Crippen LogP contribution >= 0.6 is 0 Å². The number of carbonyl (C=O) groups is 1. The van der Waals surface area contributed by atoms with Gasteiger partial charge in [0, 0.05) is 37.8 Å². The molecular formula is C15H29N3O2. The van der Waals surface area contributed by atoms with Gasteiger partial charge in [-0.15, -0.1) is 0 Å². The van der Waals surface area contributed by atoms with Gasteiger partial charge in [0.05, 0.1) is 0 Å². The van der Waals surface area contributed by atoms with E-state index in [1.54, 1.807) is 0 Å². The molecule has 2 amide bonds. The number of nitrogens with one attached hydrogen (secondary N) is 2. The molecule has 3 N–H and O–H groups in total. The molecule has 5 nitrogen and oxygen atoms in total. The molecule has 0 aromatic rings. The Balaban J connectivity index is 1.68. The summed E-state index contributed by atoms with van der Waals surface area (Å²) in [7, 11) is 0. The monoisotopic (exact) mass is 283 g/mol. The van der Waals surface area contributed by atoms with Crippen LogP contribution in [0.3, 0.4) is 0 Å². The summed E-state index contributed by atoms with van der Waals surface area (Å²) >= 11 is 0. The van der Waals surface area contributed by atoms with Crippen LogP contribution in [0, 0.1) is 5.92 Å². The number of urea groups is 1. The number of rotatable bonds is 6. The number of piperidine rings is 1. The van der Waals surface area contributed by atoms with Crippen LogP contribution in [0.4, 0.5) is 4.79 Å². The van der Waals surface area contributed by atoms with Crippen molar-refractivity contribution in [3.05, 3.63) is 0 Å². The van der Waals surface area contributed by atoms with Gasteiger partial charge in [-0.25, -0.2) is 4.79 Å². The zero-order valence-electron chi connectivity index (χ0n) is 12.8. The summed E-state index contributed by atoms with van der Waals surface area (Å²) in [5, 5.41) is 15.1. The molecule has 0 radical (unpaired) electrons. The number of aliphatic hydroxyl groups is 1. The van der Waals surface area contributed by atoms with Gasteiger partial charge in [-0.05, 0) is 38.0 Å². The van der Waals surface area contributed by atoms with E-state index in [0.717, 1.165) is 32.0 Å². The Hall–Kier alpha value is -0.810. The molecule has 2 aliphatic rings. The van der Waals surface area contributed by atoms with E-state index in [9.17, 15) is 4.79 Å². The van der Waals surface area contributed by atoms with Crippen molar-refractivity contribution in [2.45, 2.75) is 64.1 Å². The first kappa shape index (κ1) is 15.6. The van der Waals surface area contributed by atoms with Gasteiger partial charge in [-0.3, -0.25) is 0 Å². The van der Waals surface area contributed by atoms with Gasteiger partial charge in [-0.1, -0.05) is 13.8 Å². The van der Waals surface area contributed by atoms with Crippen molar-refractivity contribution in [3.8, 4) is 0 Å². The predicted molar refractivity (Wildman–Crippen MR) is 79.6 cm³/mol. The van der Waals surface area contributed by atoms with Crippen LogP contribution in [0.25, 0.3) is 0 Å². The van der Waals surface area contributed by atoms with E-state index in [2.05, 4.69) is 29.4 Å². The maximum atomic E-state index is 12.0. The maximum absolute atomic E-state index is 12.0. The smallest absolute Gasteiger partial charge is 0.315 e. The highest BCUT2D eigenvalue weighted by Gasteiger charge is 2.32. The molecule has 2 fully saturated rings. The molecule has 1 saturated carbocycles. The van der Waals surface area contributed by atoms with Crippen molar-refractivity contribution in [2.75, 3.05) is 19.7 Å². The Bertz CT molecular complexity index is 310. The second-order valence-electron chi connectivity index (χ2n) is 6.52. The fraction of sp³-hybridized carbons (Fsp3) is 0.933. The third-order valence-corrected chi connectivity index (χ3v) is 4.49. The molecule has 1 aliphatic heterocycles. The Morgan fingerprint density at radius 2 is 1.90 bits per heavy atom. The van der Waals surface area contributed by atoms with Crippen LogP contribution in [-0.4, -0.2) is 53.9 Å². The van der Waals surface area contributed by atoms with Crippen molar-refractivity contribution in [1.29, 1.82) is 0 Å². The fourth-order valence-corrected chi connectivity index (χ4v) is 2.96. The fourth-order valence-electron chi connectivity index (χ4n) is 2.96. The summed E-state index contributed by atoms with van der Waals surface area (Å²) in [6.45, 7) is 6.46. The molecule has 0 aromatic heterocycles. The number of amides is 2. The standard InChI is InChI=1S/C15H29N3O2/c1-11(2)14(7-10-19)17-15(20)16-12-5-8-18(9-6-12)13-3-4-13/h11-14,19H,3-10H2,1-2H3,(H2,16,17,20). The second-order valence-corrected chi connectivity index (χ2v) is 6.52. The lowest BCUT2D eigenvalue weighted by Gasteiger charge is -2.33. The van der Waals surface area contributed by atoms with Crippen molar-refractivity contribution < 1.29 is 9.90 Å². The average molecular weight is 283 g/mol. The Morgan fingerprint density at radius 1 is 1.25 bits per heavy atom. The first-order chi connectivity index (χ1) is 9.60. The van der Waals surface area contributed by atoms with Gasteiger partial charge < -0.3 is 20.6 Å². The number of aliphatic hydroxyl groups excluding tert-OH is 1. The minimum absolute atomic E-state index is 0.0477. The third-order valence-electron chi connectivity index (χ3n) is 4.49. The number of hydrogen-bond acceptors (Lipinski definition) is 3. The lowest BCUT2D eigenvalue weighted by molar-refractivity contribution is 0.182. The maximum Gasteiger partial charge on any atom is 0.315 e. The predicted octanol–water partition coefficient (Wildman–Crippen LogP) is 1.32. The molecule has 0 aromatic carbocycles. The molecule has 1 aliphatic carbocycles. The van der Waals surface area contributed by atoms with Gasteiger partial charge in [0.1, 0.15) is 0 Å². The van der Waals surface area contributed by atoms with Crippen molar-refractivity contribution >= 4 is 6.03 Å². The van der Waals surface area contributed by atoms with E-state index in [4.69, 9.17) is 5.11 Å². The van der Waals surface area contributed by atoms with Crippen molar-refractivity contribution in [3.63, 3.8) is 0 Å². The molecule has 20 heavy (non-hydrogen) atoms.